The second-order valence-electron chi connectivity index (χ2n) is 4.54. The van der Waals surface area contributed by atoms with E-state index in [2.05, 4.69) is 4.72 Å². The van der Waals surface area contributed by atoms with Crippen molar-refractivity contribution in [3.8, 4) is 5.75 Å². The van der Waals surface area contributed by atoms with E-state index in [1.165, 1.54) is 24.3 Å². The molecular weight excluding hydrogens is 298 g/mol. The van der Waals surface area contributed by atoms with Gasteiger partial charge in [0.15, 0.2) is 6.61 Å². The number of hydrogen-bond donors (Lipinski definition) is 3. The summed E-state index contributed by atoms with van der Waals surface area (Å²) in [5.74, 6) is -0.823. The van der Waals surface area contributed by atoms with Crippen LogP contribution in [-0.4, -0.2) is 43.9 Å². The van der Waals surface area contributed by atoms with Gasteiger partial charge >= 0.3 is 5.97 Å². The minimum absolute atomic E-state index is 0.0156. The van der Waals surface area contributed by atoms with E-state index in [0.29, 0.717) is 12.8 Å². The van der Waals surface area contributed by atoms with Crippen molar-refractivity contribution in [2.75, 3.05) is 13.2 Å². The number of rotatable bonds is 9. The number of ether oxygens (including phenoxy) is 1. The van der Waals surface area contributed by atoms with E-state index >= 15 is 0 Å². The van der Waals surface area contributed by atoms with Crippen LogP contribution in [0.5, 0.6) is 5.75 Å². The van der Waals surface area contributed by atoms with Gasteiger partial charge in [-0.15, -0.1) is 0 Å². The number of sulfonamides is 1. The Morgan fingerprint density at radius 3 is 2.48 bits per heavy atom. The zero-order valence-electron chi connectivity index (χ0n) is 11.7. The molecule has 0 aliphatic rings. The highest BCUT2D eigenvalue weighted by atomic mass is 32.2. The molecule has 0 saturated heterocycles. The van der Waals surface area contributed by atoms with Gasteiger partial charge in [-0.25, -0.2) is 17.9 Å². The van der Waals surface area contributed by atoms with Crippen molar-refractivity contribution < 1.29 is 28.2 Å². The summed E-state index contributed by atoms with van der Waals surface area (Å²) in [6, 6.07) is 5.20. The highest BCUT2D eigenvalue weighted by Gasteiger charge is 2.17. The summed E-state index contributed by atoms with van der Waals surface area (Å²) in [5.41, 5.74) is 0. The normalized spacial score (nSPS) is 12.9. The molecule has 1 unspecified atom stereocenters. The summed E-state index contributed by atoms with van der Waals surface area (Å²) in [6.45, 7) is 1.25. The Balaban J connectivity index is 2.68. The van der Waals surface area contributed by atoms with Gasteiger partial charge in [-0.2, -0.15) is 0 Å². The Labute approximate surface area is 123 Å². The van der Waals surface area contributed by atoms with Crippen LogP contribution in [0.3, 0.4) is 0 Å². The van der Waals surface area contributed by atoms with E-state index in [1.54, 1.807) is 6.92 Å². The second-order valence-corrected chi connectivity index (χ2v) is 6.26. The molecule has 7 nitrogen and oxygen atoms in total. The smallest absolute Gasteiger partial charge is 0.341 e. The van der Waals surface area contributed by atoms with E-state index in [0.717, 1.165) is 0 Å². The second kappa shape index (κ2) is 7.96. The number of aliphatic hydroxyl groups is 1. The van der Waals surface area contributed by atoms with Gasteiger partial charge < -0.3 is 14.9 Å². The first-order chi connectivity index (χ1) is 9.85. The minimum Gasteiger partial charge on any atom is -0.482 e. The van der Waals surface area contributed by atoms with Gasteiger partial charge in [0.1, 0.15) is 5.75 Å². The standard InChI is InChI=1S/C13H19NO6S/c1-10(3-2-8-15)14-21(18,19)12-6-4-11(5-7-12)20-9-13(16)17/h4-7,10,14-15H,2-3,8-9H2,1H3,(H,16,17). The Kier molecular flexibility index (Phi) is 6.60. The molecule has 118 valence electrons. The summed E-state index contributed by atoms with van der Waals surface area (Å²) in [5, 5.41) is 17.2. The van der Waals surface area contributed by atoms with E-state index < -0.39 is 22.6 Å². The number of carboxylic acids is 1. The Bertz CT molecular complexity index is 555. The molecule has 0 saturated carbocycles. The summed E-state index contributed by atoms with van der Waals surface area (Å²) in [7, 11) is -3.64. The SMILES string of the molecule is CC(CCCO)NS(=O)(=O)c1ccc(OCC(=O)O)cc1. The fourth-order valence-corrected chi connectivity index (χ4v) is 2.93. The number of hydrogen-bond acceptors (Lipinski definition) is 5. The van der Waals surface area contributed by atoms with Gasteiger partial charge in [-0.1, -0.05) is 0 Å². The van der Waals surface area contributed by atoms with Crippen LogP contribution in [0.25, 0.3) is 0 Å². The molecule has 1 aromatic rings. The van der Waals surface area contributed by atoms with Gasteiger partial charge in [0.2, 0.25) is 10.0 Å². The van der Waals surface area contributed by atoms with Gasteiger partial charge in [0.25, 0.3) is 0 Å². The van der Waals surface area contributed by atoms with Crippen molar-refractivity contribution in [3.05, 3.63) is 24.3 Å². The van der Waals surface area contributed by atoms with E-state index in [1.807, 2.05) is 0 Å². The van der Waals surface area contributed by atoms with Crippen LogP contribution in [-0.2, 0) is 14.8 Å². The van der Waals surface area contributed by atoms with Crippen LogP contribution in [0.1, 0.15) is 19.8 Å². The zero-order chi connectivity index (χ0) is 15.9. The molecule has 0 aromatic heterocycles. The summed E-state index contributed by atoms with van der Waals surface area (Å²) in [4.78, 5) is 10.4. The first-order valence-corrected chi connectivity index (χ1v) is 7.91. The summed E-state index contributed by atoms with van der Waals surface area (Å²) in [6.07, 6.45) is 1.06. The lowest BCUT2D eigenvalue weighted by molar-refractivity contribution is -0.139. The fraction of sp³-hybridized carbons (Fsp3) is 0.462. The molecule has 1 rings (SSSR count). The van der Waals surface area contributed by atoms with Crippen LogP contribution >= 0.6 is 0 Å². The first-order valence-electron chi connectivity index (χ1n) is 6.43. The molecular formula is C13H19NO6S. The largest absolute Gasteiger partial charge is 0.482 e. The van der Waals surface area contributed by atoms with Crippen molar-refractivity contribution in [1.29, 1.82) is 0 Å². The van der Waals surface area contributed by atoms with Gasteiger partial charge in [0.05, 0.1) is 4.90 Å². The summed E-state index contributed by atoms with van der Waals surface area (Å²) >= 11 is 0. The molecule has 0 fully saturated rings. The molecule has 0 bridgehead atoms. The number of carbonyl (C=O) groups is 1. The van der Waals surface area contributed by atoms with Gasteiger partial charge in [-0.05, 0) is 44.0 Å². The molecule has 1 aromatic carbocycles. The van der Waals surface area contributed by atoms with Crippen molar-refractivity contribution in [1.82, 2.24) is 4.72 Å². The molecule has 0 amide bonds. The molecule has 0 aliphatic carbocycles. The van der Waals surface area contributed by atoms with Crippen LogP contribution in [0, 0.1) is 0 Å². The highest BCUT2D eigenvalue weighted by molar-refractivity contribution is 7.89. The number of aliphatic hydroxyl groups excluding tert-OH is 1. The third kappa shape index (κ3) is 6.11. The van der Waals surface area contributed by atoms with Crippen LogP contribution in [0.2, 0.25) is 0 Å². The maximum absolute atomic E-state index is 12.1. The molecule has 0 spiro atoms. The molecule has 8 heteroatoms. The highest BCUT2D eigenvalue weighted by Crippen LogP contribution is 2.16. The quantitative estimate of drug-likeness (QED) is 0.614. The third-order valence-electron chi connectivity index (χ3n) is 2.65. The summed E-state index contributed by atoms with van der Waals surface area (Å²) < 4.78 is 31.6. The van der Waals surface area contributed by atoms with Gasteiger partial charge in [0, 0.05) is 12.6 Å². The zero-order valence-corrected chi connectivity index (χ0v) is 12.5. The Hall–Kier alpha value is -1.64. The molecule has 0 heterocycles. The van der Waals surface area contributed by atoms with Crippen LogP contribution in [0.15, 0.2) is 29.2 Å². The molecule has 1 atom stereocenters. The molecule has 21 heavy (non-hydrogen) atoms. The van der Waals surface area contributed by atoms with Gasteiger partial charge in [-0.3, -0.25) is 0 Å². The maximum Gasteiger partial charge on any atom is 0.341 e. The predicted octanol–water partition coefficient (Wildman–Crippen LogP) is 0.589. The monoisotopic (exact) mass is 317 g/mol. The fourth-order valence-electron chi connectivity index (χ4n) is 1.65. The van der Waals surface area contributed by atoms with Crippen LogP contribution < -0.4 is 9.46 Å². The van der Waals surface area contributed by atoms with Crippen molar-refractivity contribution in [3.63, 3.8) is 0 Å². The predicted molar refractivity (Wildman–Crippen MR) is 75.7 cm³/mol. The van der Waals surface area contributed by atoms with Crippen LogP contribution in [0.4, 0.5) is 0 Å². The maximum atomic E-state index is 12.1. The number of benzene rings is 1. The van der Waals surface area contributed by atoms with E-state index in [9.17, 15) is 13.2 Å². The number of aliphatic carboxylic acids is 1. The third-order valence-corrected chi connectivity index (χ3v) is 4.25. The molecule has 0 radical (unpaired) electrons. The average Bonchev–Trinajstić information content (AvgIpc) is 2.43. The average molecular weight is 317 g/mol. The topological polar surface area (TPSA) is 113 Å². The van der Waals surface area contributed by atoms with Crippen molar-refractivity contribution >= 4 is 16.0 Å². The minimum atomic E-state index is -3.64. The van der Waals surface area contributed by atoms with Crippen molar-refractivity contribution in [2.24, 2.45) is 0 Å². The number of nitrogens with one attached hydrogen (secondary N) is 1. The van der Waals surface area contributed by atoms with E-state index in [-0.39, 0.29) is 23.3 Å². The first kappa shape index (κ1) is 17.4. The lowest BCUT2D eigenvalue weighted by atomic mass is 10.2. The number of carboxylic acid groups (broad SMARTS) is 1. The lowest BCUT2D eigenvalue weighted by Gasteiger charge is -2.14. The molecule has 0 aliphatic heterocycles. The molecule has 3 N–H and O–H groups in total. The van der Waals surface area contributed by atoms with Crippen molar-refractivity contribution in [2.45, 2.75) is 30.7 Å². The Morgan fingerprint density at radius 1 is 1.33 bits per heavy atom. The lowest BCUT2D eigenvalue weighted by Crippen LogP contribution is -2.32. The van der Waals surface area contributed by atoms with E-state index in [4.69, 9.17) is 14.9 Å². The Morgan fingerprint density at radius 2 is 1.95 bits per heavy atom.